The molecule has 0 spiro atoms. The summed E-state index contributed by atoms with van der Waals surface area (Å²) < 4.78 is 5.42. The van der Waals surface area contributed by atoms with E-state index in [0.717, 1.165) is 42.8 Å². The first-order valence-electron chi connectivity index (χ1n) is 8.96. The molecule has 2 aromatic rings. The van der Waals surface area contributed by atoms with Gasteiger partial charge in [-0.3, -0.25) is 9.69 Å². The number of nitrogens with zero attached hydrogens (tertiary/aromatic N) is 2. The summed E-state index contributed by atoms with van der Waals surface area (Å²) in [6.07, 6.45) is 2.28. The minimum Gasteiger partial charge on any atom is -0.496 e. The van der Waals surface area contributed by atoms with E-state index < -0.39 is 0 Å². The fraction of sp³-hybridized carbons (Fsp3) is 0.381. The van der Waals surface area contributed by atoms with Gasteiger partial charge in [-0.2, -0.15) is 0 Å². The Morgan fingerprint density at radius 1 is 1.19 bits per heavy atom. The number of likely N-dealkylation sites (N-methyl/N-ethyl adjacent to an activating group) is 1. The summed E-state index contributed by atoms with van der Waals surface area (Å²) in [6, 6.07) is 15.3. The van der Waals surface area contributed by atoms with Crippen LogP contribution in [0.2, 0.25) is 5.02 Å². The molecule has 1 fully saturated rings. The number of ether oxygens (including phenoxy) is 1. The first kappa shape index (κ1) is 18.7. The van der Waals surface area contributed by atoms with Gasteiger partial charge in [0.05, 0.1) is 7.11 Å². The third-order valence-corrected chi connectivity index (χ3v) is 5.12. The average molecular weight is 373 g/mol. The van der Waals surface area contributed by atoms with Crippen LogP contribution in [0.3, 0.4) is 0 Å². The molecule has 1 unspecified atom stereocenters. The highest BCUT2D eigenvalue weighted by atomic mass is 35.5. The maximum absolute atomic E-state index is 13.3. The van der Waals surface area contributed by atoms with Crippen molar-refractivity contribution in [3.05, 3.63) is 64.7 Å². The minimum atomic E-state index is -0.242. The number of amides is 1. The molecule has 26 heavy (non-hydrogen) atoms. The average Bonchev–Trinajstić information content (AvgIpc) is 3.17. The lowest BCUT2D eigenvalue weighted by atomic mass is 10.0. The highest BCUT2D eigenvalue weighted by molar-refractivity contribution is 6.30. The molecule has 2 aromatic carbocycles. The number of hydrogen-bond donors (Lipinski definition) is 0. The molecule has 1 atom stereocenters. The molecule has 138 valence electrons. The number of carbonyl (C=O) groups excluding carboxylic acids is 1. The molecule has 0 aromatic heterocycles. The fourth-order valence-electron chi connectivity index (χ4n) is 3.56. The van der Waals surface area contributed by atoms with E-state index in [1.807, 2.05) is 49.5 Å². The van der Waals surface area contributed by atoms with Crippen molar-refractivity contribution in [2.45, 2.75) is 25.4 Å². The van der Waals surface area contributed by atoms with Gasteiger partial charge in [0, 0.05) is 24.2 Å². The van der Waals surface area contributed by atoms with Gasteiger partial charge in [-0.1, -0.05) is 41.9 Å². The van der Waals surface area contributed by atoms with Crippen LogP contribution in [0, 0.1) is 0 Å². The molecule has 3 rings (SSSR count). The van der Waals surface area contributed by atoms with Crippen molar-refractivity contribution < 1.29 is 9.53 Å². The number of hydrogen-bond acceptors (Lipinski definition) is 3. The topological polar surface area (TPSA) is 32.8 Å². The molecule has 0 radical (unpaired) electrons. The van der Waals surface area contributed by atoms with Gasteiger partial charge in [0.1, 0.15) is 11.8 Å². The smallest absolute Gasteiger partial charge is 0.244 e. The SMILES string of the molecule is COc1ccc(Cl)cc1CN(C)C(=O)C(c1ccccc1)N1CCCC1. The van der Waals surface area contributed by atoms with Crippen LogP contribution < -0.4 is 4.74 Å². The quantitative estimate of drug-likeness (QED) is 0.763. The van der Waals surface area contributed by atoms with Crippen LogP contribution in [0.5, 0.6) is 5.75 Å². The molecule has 1 heterocycles. The fourth-order valence-corrected chi connectivity index (χ4v) is 3.75. The van der Waals surface area contributed by atoms with Gasteiger partial charge in [0.15, 0.2) is 0 Å². The lowest BCUT2D eigenvalue weighted by Crippen LogP contribution is -2.40. The summed E-state index contributed by atoms with van der Waals surface area (Å²) in [4.78, 5) is 17.4. The van der Waals surface area contributed by atoms with Crippen molar-refractivity contribution in [3.63, 3.8) is 0 Å². The monoisotopic (exact) mass is 372 g/mol. The van der Waals surface area contributed by atoms with Crippen molar-refractivity contribution >= 4 is 17.5 Å². The third-order valence-electron chi connectivity index (χ3n) is 4.88. The van der Waals surface area contributed by atoms with E-state index in [0.29, 0.717) is 11.6 Å². The predicted molar refractivity (Wildman–Crippen MR) is 104 cm³/mol. The van der Waals surface area contributed by atoms with E-state index in [-0.39, 0.29) is 11.9 Å². The van der Waals surface area contributed by atoms with Gasteiger partial charge in [-0.25, -0.2) is 0 Å². The summed E-state index contributed by atoms with van der Waals surface area (Å²) in [7, 11) is 3.47. The second-order valence-electron chi connectivity index (χ2n) is 6.71. The number of benzene rings is 2. The largest absolute Gasteiger partial charge is 0.496 e. The first-order valence-corrected chi connectivity index (χ1v) is 9.34. The highest BCUT2D eigenvalue weighted by Gasteiger charge is 2.31. The van der Waals surface area contributed by atoms with E-state index in [2.05, 4.69) is 4.90 Å². The minimum absolute atomic E-state index is 0.0973. The number of likely N-dealkylation sites (tertiary alicyclic amines) is 1. The van der Waals surface area contributed by atoms with Crippen LogP contribution >= 0.6 is 11.6 Å². The van der Waals surface area contributed by atoms with Crippen molar-refractivity contribution in [1.82, 2.24) is 9.80 Å². The molecule has 0 saturated carbocycles. The molecular weight excluding hydrogens is 348 g/mol. The molecule has 1 aliphatic heterocycles. The maximum atomic E-state index is 13.3. The van der Waals surface area contributed by atoms with Crippen LogP contribution in [0.4, 0.5) is 0 Å². The highest BCUT2D eigenvalue weighted by Crippen LogP contribution is 2.29. The molecule has 1 saturated heterocycles. The molecule has 4 nitrogen and oxygen atoms in total. The summed E-state index contributed by atoms with van der Waals surface area (Å²) in [5.74, 6) is 0.839. The summed E-state index contributed by atoms with van der Waals surface area (Å²) in [6.45, 7) is 2.37. The molecular formula is C21H25ClN2O2. The first-order chi connectivity index (χ1) is 12.6. The molecule has 0 N–H and O–H groups in total. The molecule has 0 aliphatic carbocycles. The van der Waals surface area contributed by atoms with Crippen LogP contribution in [0.1, 0.15) is 30.0 Å². The van der Waals surface area contributed by atoms with Gasteiger partial charge in [-0.15, -0.1) is 0 Å². The predicted octanol–water partition coefficient (Wildman–Crippen LogP) is 4.14. The molecule has 0 bridgehead atoms. The second-order valence-corrected chi connectivity index (χ2v) is 7.14. The standard InChI is InChI=1S/C21H25ClN2O2/c1-23(15-17-14-18(22)10-11-19(17)26-2)21(25)20(24-12-6-7-13-24)16-8-4-3-5-9-16/h3-5,8-11,14,20H,6-7,12-13,15H2,1-2H3. The Hall–Kier alpha value is -2.04. The Morgan fingerprint density at radius 2 is 1.88 bits per heavy atom. The number of methoxy groups -OCH3 is 1. The lowest BCUT2D eigenvalue weighted by Gasteiger charge is -2.31. The molecule has 1 amide bonds. The van der Waals surface area contributed by atoms with Crippen LogP contribution in [0.15, 0.2) is 48.5 Å². The van der Waals surface area contributed by atoms with Gasteiger partial charge in [0.2, 0.25) is 5.91 Å². The second kappa shape index (κ2) is 8.56. The van der Waals surface area contributed by atoms with Gasteiger partial charge >= 0.3 is 0 Å². The Labute approximate surface area is 160 Å². The Balaban J connectivity index is 1.83. The number of halogens is 1. The zero-order valence-electron chi connectivity index (χ0n) is 15.3. The summed E-state index contributed by atoms with van der Waals surface area (Å²) in [5, 5.41) is 0.640. The van der Waals surface area contributed by atoms with Gasteiger partial charge in [-0.05, 0) is 49.7 Å². The number of rotatable bonds is 6. The summed E-state index contributed by atoms with van der Waals surface area (Å²) >= 11 is 6.13. The van der Waals surface area contributed by atoms with E-state index in [1.54, 1.807) is 18.1 Å². The van der Waals surface area contributed by atoms with Crippen molar-refractivity contribution in [2.24, 2.45) is 0 Å². The lowest BCUT2D eigenvalue weighted by molar-refractivity contribution is -0.136. The Kier molecular flexibility index (Phi) is 6.17. The van der Waals surface area contributed by atoms with Crippen molar-refractivity contribution in [3.8, 4) is 5.75 Å². The van der Waals surface area contributed by atoms with E-state index >= 15 is 0 Å². The van der Waals surface area contributed by atoms with E-state index in [1.165, 1.54) is 0 Å². The van der Waals surface area contributed by atoms with Crippen molar-refractivity contribution in [1.29, 1.82) is 0 Å². The van der Waals surface area contributed by atoms with E-state index in [9.17, 15) is 4.79 Å². The number of carbonyl (C=O) groups is 1. The normalized spacial score (nSPS) is 15.7. The zero-order valence-corrected chi connectivity index (χ0v) is 16.1. The summed E-state index contributed by atoms with van der Waals surface area (Å²) in [5.41, 5.74) is 1.95. The maximum Gasteiger partial charge on any atom is 0.244 e. The third kappa shape index (κ3) is 4.19. The van der Waals surface area contributed by atoms with E-state index in [4.69, 9.17) is 16.3 Å². The zero-order chi connectivity index (χ0) is 18.5. The Bertz CT molecular complexity index is 745. The van der Waals surface area contributed by atoms with Gasteiger partial charge < -0.3 is 9.64 Å². The van der Waals surface area contributed by atoms with Crippen molar-refractivity contribution in [2.75, 3.05) is 27.2 Å². The molecule has 1 aliphatic rings. The Morgan fingerprint density at radius 3 is 2.54 bits per heavy atom. The van der Waals surface area contributed by atoms with Crippen LogP contribution in [-0.4, -0.2) is 43.0 Å². The van der Waals surface area contributed by atoms with Crippen LogP contribution in [0.25, 0.3) is 0 Å². The van der Waals surface area contributed by atoms with Crippen LogP contribution in [-0.2, 0) is 11.3 Å². The van der Waals surface area contributed by atoms with Gasteiger partial charge in [0.25, 0.3) is 0 Å². The molecule has 5 heteroatoms.